The molecule has 2 heterocycles. The number of esters is 1. The van der Waals surface area contributed by atoms with E-state index >= 15 is 0 Å². The van der Waals surface area contributed by atoms with E-state index in [9.17, 15) is 4.79 Å². The highest BCUT2D eigenvalue weighted by atomic mass is 16.5. The van der Waals surface area contributed by atoms with E-state index in [0.717, 1.165) is 49.1 Å². The number of aromatic nitrogens is 2. The van der Waals surface area contributed by atoms with Gasteiger partial charge in [-0.3, -0.25) is 0 Å². The zero-order chi connectivity index (χ0) is 20.6. The predicted molar refractivity (Wildman–Crippen MR) is 114 cm³/mol. The summed E-state index contributed by atoms with van der Waals surface area (Å²) < 4.78 is 10.7. The van der Waals surface area contributed by atoms with E-state index in [-0.39, 0.29) is 5.97 Å². The topological polar surface area (TPSA) is 64.6 Å². The van der Waals surface area contributed by atoms with Crippen LogP contribution in [0.5, 0.6) is 5.75 Å². The van der Waals surface area contributed by atoms with Gasteiger partial charge in [-0.15, -0.1) is 0 Å². The number of ether oxygens (including phenoxy) is 2. The lowest BCUT2D eigenvalue weighted by molar-refractivity contribution is 0.0600. The first-order valence-electron chi connectivity index (χ1n) is 10.5. The van der Waals surface area contributed by atoms with Crippen LogP contribution in [0, 0.1) is 12.8 Å². The maximum absolute atomic E-state index is 11.6. The van der Waals surface area contributed by atoms with Crippen molar-refractivity contribution in [2.24, 2.45) is 5.92 Å². The minimum atomic E-state index is -0.313. The van der Waals surface area contributed by atoms with Gasteiger partial charge in [0.25, 0.3) is 0 Å². The number of benzene rings is 1. The van der Waals surface area contributed by atoms with Crippen LogP contribution in [0.1, 0.15) is 54.1 Å². The smallest absolute Gasteiger partial charge is 0.338 e. The van der Waals surface area contributed by atoms with E-state index < -0.39 is 0 Å². The van der Waals surface area contributed by atoms with E-state index in [2.05, 4.69) is 21.8 Å². The number of carbonyl (C=O) groups excluding carboxylic acids is 1. The first-order valence-corrected chi connectivity index (χ1v) is 10.5. The lowest BCUT2D eigenvalue weighted by Gasteiger charge is -2.32. The molecular weight excluding hydrogens is 366 g/mol. The number of nitrogens with zero attached hydrogens (tertiary/aromatic N) is 3. The van der Waals surface area contributed by atoms with Crippen molar-refractivity contribution in [2.45, 2.75) is 46.0 Å². The second kappa shape index (κ2) is 10.2. The first-order chi connectivity index (χ1) is 14.1. The average Bonchev–Trinajstić information content (AvgIpc) is 2.77. The molecule has 0 spiro atoms. The Morgan fingerprint density at radius 2 is 1.93 bits per heavy atom. The van der Waals surface area contributed by atoms with Crippen molar-refractivity contribution < 1.29 is 14.3 Å². The van der Waals surface area contributed by atoms with Crippen LogP contribution in [0.15, 0.2) is 30.6 Å². The summed E-state index contributed by atoms with van der Waals surface area (Å²) in [6.45, 7) is 6.74. The zero-order valence-corrected chi connectivity index (χ0v) is 17.7. The molecular formula is C23H31N3O3. The van der Waals surface area contributed by atoms with Crippen molar-refractivity contribution in [3.63, 3.8) is 0 Å². The fourth-order valence-corrected chi connectivity index (χ4v) is 3.74. The predicted octanol–water partition coefficient (Wildman–Crippen LogP) is 4.21. The van der Waals surface area contributed by atoms with Gasteiger partial charge in [0.1, 0.15) is 5.75 Å². The average molecular weight is 398 g/mol. The molecule has 0 aliphatic carbocycles. The molecule has 1 aliphatic rings. The van der Waals surface area contributed by atoms with Crippen molar-refractivity contribution in [3.05, 3.63) is 47.3 Å². The Hall–Kier alpha value is -2.63. The quantitative estimate of drug-likeness (QED) is 0.491. The van der Waals surface area contributed by atoms with Crippen molar-refractivity contribution in [1.82, 2.24) is 9.97 Å². The Kier molecular flexibility index (Phi) is 7.44. The number of hydrogen-bond acceptors (Lipinski definition) is 6. The number of aryl methyl sites for hydroxylation is 2. The lowest BCUT2D eigenvalue weighted by atomic mass is 9.92. The number of rotatable bonds is 8. The van der Waals surface area contributed by atoms with Gasteiger partial charge in [-0.05, 0) is 74.3 Å². The fourth-order valence-electron chi connectivity index (χ4n) is 3.74. The molecule has 0 saturated carbocycles. The Balaban J connectivity index is 1.37. The van der Waals surface area contributed by atoms with Crippen LogP contribution in [-0.2, 0) is 11.2 Å². The van der Waals surface area contributed by atoms with Crippen LogP contribution in [0.4, 0.5) is 5.95 Å². The molecule has 2 aromatic rings. The highest BCUT2D eigenvalue weighted by molar-refractivity contribution is 5.91. The third kappa shape index (κ3) is 5.68. The summed E-state index contributed by atoms with van der Waals surface area (Å²) in [5.41, 5.74) is 2.63. The second-order valence-corrected chi connectivity index (χ2v) is 7.63. The summed E-state index contributed by atoms with van der Waals surface area (Å²) in [5.74, 6) is 2.08. The molecule has 0 atom stereocenters. The highest BCUT2D eigenvalue weighted by Crippen LogP contribution is 2.25. The maximum atomic E-state index is 11.6. The molecule has 6 nitrogen and oxygen atoms in total. The minimum Gasteiger partial charge on any atom is -0.494 e. The molecule has 29 heavy (non-hydrogen) atoms. The van der Waals surface area contributed by atoms with Crippen molar-refractivity contribution in [1.29, 1.82) is 0 Å². The Bertz CT molecular complexity index is 800. The van der Waals surface area contributed by atoms with Crippen molar-refractivity contribution in [2.75, 3.05) is 31.7 Å². The van der Waals surface area contributed by atoms with Gasteiger partial charge in [0.2, 0.25) is 5.95 Å². The SMILES string of the molecule is CCc1cnc(N2CCC(CCCOc3ccc(C(=O)OC)c(C)c3)CC2)nc1. The fraction of sp³-hybridized carbons (Fsp3) is 0.522. The number of anilines is 1. The van der Waals surface area contributed by atoms with Gasteiger partial charge in [-0.1, -0.05) is 6.92 Å². The standard InChI is InChI=1S/C23H31N3O3/c1-4-18-15-24-23(25-16-18)26-11-9-19(10-12-26)6-5-13-29-20-7-8-21(17(2)14-20)22(27)28-3/h7-8,14-16,19H,4-6,9-13H2,1-3H3. The van der Waals surface area contributed by atoms with Crippen molar-refractivity contribution >= 4 is 11.9 Å². The van der Waals surface area contributed by atoms with Gasteiger partial charge in [-0.2, -0.15) is 0 Å². The van der Waals surface area contributed by atoms with E-state index in [4.69, 9.17) is 9.47 Å². The van der Waals surface area contributed by atoms with Crippen LogP contribution < -0.4 is 9.64 Å². The highest BCUT2D eigenvalue weighted by Gasteiger charge is 2.20. The molecule has 1 aromatic heterocycles. The molecule has 1 fully saturated rings. The summed E-state index contributed by atoms with van der Waals surface area (Å²) in [4.78, 5) is 22.9. The van der Waals surface area contributed by atoms with E-state index in [1.54, 1.807) is 6.07 Å². The molecule has 156 valence electrons. The normalized spacial score (nSPS) is 14.7. The second-order valence-electron chi connectivity index (χ2n) is 7.63. The summed E-state index contributed by atoms with van der Waals surface area (Å²) in [7, 11) is 1.39. The Morgan fingerprint density at radius 3 is 2.55 bits per heavy atom. The molecule has 1 aromatic carbocycles. The number of hydrogen-bond donors (Lipinski definition) is 0. The van der Waals surface area contributed by atoms with Crippen molar-refractivity contribution in [3.8, 4) is 5.75 Å². The first kappa shape index (κ1) is 21.1. The van der Waals surface area contributed by atoms with Crippen LogP contribution in [0.3, 0.4) is 0 Å². The summed E-state index contributed by atoms with van der Waals surface area (Å²) in [5, 5.41) is 0. The van der Waals surface area contributed by atoms with Crippen LogP contribution in [0.25, 0.3) is 0 Å². The third-order valence-corrected chi connectivity index (χ3v) is 5.63. The molecule has 0 N–H and O–H groups in total. The van der Waals surface area contributed by atoms with Gasteiger partial charge < -0.3 is 14.4 Å². The molecule has 0 bridgehead atoms. The van der Waals surface area contributed by atoms with E-state index in [1.807, 2.05) is 31.5 Å². The molecule has 1 aliphatic heterocycles. The number of carbonyl (C=O) groups is 1. The maximum Gasteiger partial charge on any atom is 0.338 e. The minimum absolute atomic E-state index is 0.313. The molecule has 6 heteroatoms. The van der Waals surface area contributed by atoms with Crippen LogP contribution in [-0.4, -0.2) is 42.7 Å². The van der Waals surface area contributed by atoms with Gasteiger partial charge in [0, 0.05) is 25.5 Å². The van der Waals surface area contributed by atoms with Crippen LogP contribution in [0.2, 0.25) is 0 Å². The number of piperidine rings is 1. The molecule has 0 amide bonds. The van der Waals surface area contributed by atoms with E-state index in [1.165, 1.54) is 31.9 Å². The van der Waals surface area contributed by atoms with Gasteiger partial charge >= 0.3 is 5.97 Å². The molecule has 1 saturated heterocycles. The lowest BCUT2D eigenvalue weighted by Crippen LogP contribution is -2.35. The zero-order valence-electron chi connectivity index (χ0n) is 17.7. The molecule has 0 unspecified atom stereocenters. The number of methoxy groups -OCH3 is 1. The largest absolute Gasteiger partial charge is 0.494 e. The van der Waals surface area contributed by atoms with Gasteiger partial charge in [0.05, 0.1) is 19.3 Å². The third-order valence-electron chi connectivity index (χ3n) is 5.63. The molecule has 0 radical (unpaired) electrons. The van der Waals surface area contributed by atoms with Gasteiger partial charge in [-0.25, -0.2) is 14.8 Å². The monoisotopic (exact) mass is 397 g/mol. The van der Waals surface area contributed by atoms with E-state index in [0.29, 0.717) is 12.2 Å². The van der Waals surface area contributed by atoms with Gasteiger partial charge in [0.15, 0.2) is 0 Å². The van der Waals surface area contributed by atoms with Crippen LogP contribution >= 0.6 is 0 Å². The Labute approximate surface area is 173 Å². The molecule has 3 rings (SSSR count). The summed E-state index contributed by atoms with van der Waals surface area (Å²) in [6, 6.07) is 5.50. The summed E-state index contributed by atoms with van der Waals surface area (Å²) >= 11 is 0. The Morgan fingerprint density at radius 1 is 1.21 bits per heavy atom. The summed E-state index contributed by atoms with van der Waals surface area (Å²) in [6.07, 6.45) is 9.39.